The first-order valence-corrected chi connectivity index (χ1v) is 35.4. The molecule has 82 heavy (non-hydrogen) atoms. The minimum absolute atomic E-state index is 0.675. The van der Waals surface area contributed by atoms with Crippen molar-refractivity contribution in [1.82, 2.24) is 9.13 Å². The Balaban J connectivity index is 1.13. The van der Waals surface area contributed by atoms with Gasteiger partial charge in [0, 0.05) is 54.8 Å². The number of benzene rings is 4. The third-order valence-corrected chi connectivity index (χ3v) is 18.4. The number of hydrogen-bond acceptors (Lipinski definition) is 0. The van der Waals surface area contributed by atoms with E-state index in [4.69, 9.17) is 0 Å². The summed E-state index contributed by atoms with van der Waals surface area (Å²) in [4.78, 5) is 0. The monoisotopic (exact) mass is 1110 g/mol. The van der Waals surface area contributed by atoms with Gasteiger partial charge in [0.25, 0.3) is 0 Å². The van der Waals surface area contributed by atoms with Crippen molar-refractivity contribution in [2.75, 3.05) is 0 Å². The highest BCUT2D eigenvalue weighted by Crippen LogP contribution is 2.35. The van der Waals surface area contributed by atoms with Crippen LogP contribution in [0.1, 0.15) is 307 Å². The van der Waals surface area contributed by atoms with E-state index in [0.29, 0.717) is 13.1 Å². The van der Waals surface area contributed by atoms with Gasteiger partial charge >= 0.3 is 0 Å². The molecule has 2 heteroatoms. The molecule has 0 amide bonds. The average Bonchev–Trinajstić information content (AvgIpc) is 3.09. The van der Waals surface area contributed by atoms with Crippen LogP contribution in [0, 0.1) is 11.8 Å². The molecular weight excluding hydrogens is 989 g/mol. The highest BCUT2D eigenvalue weighted by molar-refractivity contribution is 6.09. The maximum atomic E-state index is 4.62. The van der Waals surface area contributed by atoms with Crippen LogP contribution in [-0.4, -0.2) is 9.13 Å². The van der Waals surface area contributed by atoms with E-state index in [0.717, 1.165) is 36.8 Å². The smallest absolute Gasteiger partial charge is 0.0555 e. The van der Waals surface area contributed by atoms with Gasteiger partial charge in [-0.2, -0.15) is 0 Å². The number of unbranched alkanes of at least 4 members (excludes halogenated alkanes) is 36. The van der Waals surface area contributed by atoms with Crippen LogP contribution in [0.4, 0.5) is 0 Å². The van der Waals surface area contributed by atoms with E-state index in [-0.39, 0.29) is 0 Å². The molecule has 0 atom stereocenters. The molecular formula is C80H120N2. The lowest BCUT2D eigenvalue weighted by molar-refractivity contribution is 0.556. The van der Waals surface area contributed by atoms with Crippen molar-refractivity contribution >= 4 is 43.6 Å². The minimum Gasteiger partial charge on any atom is -0.335 e. The molecule has 6 aromatic rings. The molecule has 0 N–H and O–H groups in total. The Morgan fingerprint density at radius 1 is 0.268 bits per heavy atom. The lowest BCUT2D eigenvalue weighted by Gasteiger charge is -2.09. The summed E-state index contributed by atoms with van der Waals surface area (Å²) in [5, 5.41) is 5.55. The molecule has 2 nitrogen and oxygen atoms in total. The van der Waals surface area contributed by atoms with Crippen molar-refractivity contribution in [3.63, 3.8) is 0 Å². The fourth-order valence-electron chi connectivity index (χ4n) is 13.3. The first kappa shape index (κ1) is 66.7. The van der Waals surface area contributed by atoms with Gasteiger partial charge in [-0.25, -0.2) is 0 Å². The maximum absolute atomic E-state index is 4.62. The maximum Gasteiger partial charge on any atom is 0.0555 e. The first-order chi connectivity index (χ1) is 40.4. The van der Waals surface area contributed by atoms with Crippen molar-refractivity contribution < 1.29 is 0 Å². The molecule has 0 bridgehead atoms. The van der Waals surface area contributed by atoms with Gasteiger partial charge in [0.05, 0.1) is 13.1 Å². The van der Waals surface area contributed by atoms with E-state index >= 15 is 0 Å². The molecule has 0 spiro atoms. The van der Waals surface area contributed by atoms with Crippen LogP contribution in [0.3, 0.4) is 0 Å². The van der Waals surface area contributed by atoms with Crippen LogP contribution in [0.15, 0.2) is 97.1 Å². The fraction of sp³-hybridized carbons (Fsp3) is 0.625. The van der Waals surface area contributed by atoms with Crippen LogP contribution in [-0.2, 0) is 38.8 Å². The van der Waals surface area contributed by atoms with Gasteiger partial charge in [0.2, 0.25) is 0 Å². The standard InChI is InChI=1S/C80H120N2/c1-7-11-15-19-23-27-31-35-39-43-47-69-53-57-77-73(61-69)74-62-70(48-44-40-36-32-28-24-20-16-12-8-2)54-58-78(74)81(77)65-67(5)51-52-68(6)66-82-79-59-55-71(49-45-41-37-33-29-25-21-17-13-9-3)63-75(79)76-64-72(56-60-80(76)82)50-46-42-38-34-30-26-22-18-14-10-4/h53-64H,5-50,65-66H2,1-4H3. The van der Waals surface area contributed by atoms with Crippen molar-refractivity contribution in [1.29, 1.82) is 0 Å². The second kappa shape index (κ2) is 40.7. The normalized spacial score (nSPS) is 11.7. The van der Waals surface area contributed by atoms with E-state index in [9.17, 15) is 0 Å². The van der Waals surface area contributed by atoms with E-state index < -0.39 is 0 Å². The summed E-state index contributed by atoms with van der Waals surface area (Å²) >= 11 is 0. The van der Waals surface area contributed by atoms with Crippen LogP contribution >= 0.6 is 0 Å². The minimum atomic E-state index is 0.675. The predicted molar refractivity (Wildman–Crippen MR) is 367 cm³/mol. The van der Waals surface area contributed by atoms with Gasteiger partial charge in [-0.15, -0.1) is 0 Å². The number of hydrogen-bond donors (Lipinski definition) is 0. The summed E-state index contributed by atoms with van der Waals surface area (Å²) in [6.45, 7) is 19.8. The summed E-state index contributed by atoms with van der Waals surface area (Å²) in [5.74, 6) is 7.10. The van der Waals surface area contributed by atoms with Gasteiger partial charge in [-0.05, 0) is 122 Å². The van der Waals surface area contributed by atoms with E-state index in [2.05, 4.69) is 135 Å². The number of aromatic nitrogens is 2. The quantitative estimate of drug-likeness (QED) is 0.0266. The largest absolute Gasteiger partial charge is 0.335 e. The molecule has 0 unspecified atom stereocenters. The van der Waals surface area contributed by atoms with Crippen LogP contribution in [0.25, 0.3) is 43.6 Å². The highest BCUT2D eigenvalue weighted by Gasteiger charge is 2.16. The van der Waals surface area contributed by atoms with E-state index in [1.54, 1.807) is 0 Å². The average molecular weight is 1110 g/mol. The fourth-order valence-corrected chi connectivity index (χ4v) is 13.3. The lowest BCUT2D eigenvalue weighted by Crippen LogP contribution is -2.01. The highest BCUT2D eigenvalue weighted by atomic mass is 15.0. The Bertz CT molecular complexity index is 2430. The van der Waals surface area contributed by atoms with Gasteiger partial charge in [0.15, 0.2) is 0 Å². The molecule has 0 radical (unpaired) electrons. The number of nitrogens with zero attached hydrogens (tertiary/aromatic N) is 2. The summed E-state index contributed by atoms with van der Waals surface area (Å²) in [7, 11) is 0. The van der Waals surface area contributed by atoms with Crippen molar-refractivity contribution in [3.8, 4) is 11.8 Å². The van der Waals surface area contributed by atoms with Gasteiger partial charge in [-0.1, -0.05) is 308 Å². The Labute approximate surface area is 504 Å². The molecule has 2 aromatic heterocycles. The second-order valence-electron chi connectivity index (χ2n) is 25.8. The van der Waals surface area contributed by atoms with Gasteiger partial charge in [-0.3, -0.25) is 0 Å². The third kappa shape index (κ3) is 23.9. The zero-order valence-electron chi connectivity index (χ0n) is 53.8. The zero-order valence-corrected chi connectivity index (χ0v) is 53.8. The predicted octanol–water partition coefficient (Wildman–Crippen LogP) is 25.6. The topological polar surface area (TPSA) is 9.86 Å². The van der Waals surface area contributed by atoms with Crippen molar-refractivity contribution in [3.05, 3.63) is 119 Å². The molecule has 0 aliphatic rings. The lowest BCUT2D eigenvalue weighted by atomic mass is 10.0. The molecule has 6 rings (SSSR count). The molecule has 0 fully saturated rings. The van der Waals surface area contributed by atoms with E-state index in [1.807, 2.05) is 0 Å². The summed E-state index contributed by atoms with van der Waals surface area (Å²) in [5.41, 5.74) is 12.9. The van der Waals surface area contributed by atoms with Crippen molar-refractivity contribution in [2.45, 2.75) is 323 Å². The van der Waals surface area contributed by atoms with Gasteiger partial charge < -0.3 is 9.13 Å². The number of rotatable bonds is 48. The van der Waals surface area contributed by atoms with Gasteiger partial charge in [0.1, 0.15) is 0 Å². The summed E-state index contributed by atoms with van der Waals surface area (Å²) in [6, 6.07) is 29.3. The van der Waals surface area contributed by atoms with Crippen LogP contribution in [0.5, 0.6) is 0 Å². The zero-order chi connectivity index (χ0) is 57.7. The Kier molecular flexibility index (Phi) is 33.1. The molecule has 4 aromatic carbocycles. The second-order valence-corrected chi connectivity index (χ2v) is 25.8. The van der Waals surface area contributed by atoms with Crippen LogP contribution in [0.2, 0.25) is 0 Å². The molecule has 0 aliphatic heterocycles. The molecule has 0 saturated carbocycles. The number of fused-ring (bicyclic) bond motifs is 6. The molecule has 450 valence electrons. The molecule has 0 saturated heterocycles. The number of aryl methyl sites for hydroxylation is 4. The summed E-state index contributed by atoms with van der Waals surface area (Å²) < 4.78 is 4.98. The van der Waals surface area contributed by atoms with Crippen LogP contribution < -0.4 is 0 Å². The third-order valence-electron chi connectivity index (χ3n) is 18.4. The SMILES string of the molecule is C=C(C#CC(=C)Cn1c2ccc(CCCCCCCCCCCC)cc2c2cc(CCCCCCCCCCCC)ccc21)Cn1c2ccc(CCCCCCCCCCCC)cc2c2cc(CCCCCCCCCCCC)ccc21. The van der Waals surface area contributed by atoms with Crippen molar-refractivity contribution in [2.24, 2.45) is 0 Å². The van der Waals surface area contributed by atoms with E-state index in [1.165, 1.54) is 323 Å². The Morgan fingerprint density at radius 2 is 0.451 bits per heavy atom. The number of allylic oxidation sites excluding steroid dienone is 2. The summed E-state index contributed by atoms with van der Waals surface area (Å²) in [6.07, 6.45) is 59.6. The Morgan fingerprint density at radius 3 is 0.646 bits per heavy atom. The Hall–Kier alpha value is -4.48. The molecule has 0 aliphatic carbocycles. The molecule has 2 heterocycles. The first-order valence-electron chi connectivity index (χ1n) is 35.4.